The third-order valence-electron chi connectivity index (χ3n) is 4.15. The highest BCUT2D eigenvalue weighted by atomic mass is 32.2. The molecule has 0 heterocycles. The Labute approximate surface area is 119 Å². The Balaban J connectivity index is 2.04. The highest BCUT2D eigenvalue weighted by molar-refractivity contribution is 7.85. The fourth-order valence-corrected chi connectivity index (χ4v) is 4.29. The summed E-state index contributed by atoms with van der Waals surface area (Å²) in [6.07, 6.45) is 6.40. The number of hydrogen-bond acceptors (Lipinski definition) is 2. The van der Waals surface area contributed by atoms with E-state index < -0.39 is 10.8 Å². The van der Waals surface area contributed by atoms with Crippen molar-refractivity contribution < 1.29 is 4.21 Å². The number of rotatable bonds is 5. The monoisotopic (exact) mass is 279 g/mol. The van der Waals surface area contributed by atoms with Gasteiger partial charge in [0.15, 0.2) is 0 Å². The molecule has 106 valence electrons. The van der Waals surface area contributed by atoms with Gasteiger partial charge in [0.25, 0.3) is 0 Å². The Morgan fingerprint density at radius 2 is 2.00 bits per heavy atom. The molecular formula is C16H25NOS. The van der Waals surface area contributed by atoms with Crippen molar-refractivity contribution in [1.29, 1.82) is 0 Å². The molecular weight excluding hydrogens is 254 g/mol. The van der Waals surface area contributed by atoms with E-state index in [1.54, 1.807) is 0 Å². The summed E-state index contributed by atoms with van der Waals surface area (Å²) >= 11 is 0. The average molecular weight is 279 g/mol. The van der Waals surface area contributed by atoms with Crippen molar-refractivity contribution in [3.05, 3.63) is 35.9 Å². The van der Waals surface area contributed by atoms with Gasteiger partial charge in [-0.3, -0.25) is 4.21 Å². The van der Waals surface area contributed by atoms with Crippen molar-refractivity contribution in [3.63, 3.8) is 0 Å². The van der Waals surface area contributed by atoms with Crippen LogP contribution in [0.1, 0.15) is 44.1 Å². The molecule has 0 radical (unpaired) electrons. The lowest BCUT2D eigenvalue weighted by molar-refractivity contribution is 0.349. The van der Waals surface area contributed by atoms with Crippen molar-refractivity contribution in [2.24, 2.45) is 0 Å². The van der Waals surface area contributed by atoms with Gasteiger partial charge in [-0.05, 0) is 43.7 Å². The minimum absolute atomic E-state index is 0.297. The quantitative estimate of drug-likeness (QED) is 0.897. The van der Waals surface area contributed by atoms with E-state index in [9.17, 15) is 4.21 Å². The first-order chi connectivity index (χ1) is 9.22. The topological polar surface area (TPSA) is 29.1 Å². The van der Waals surface area contributed by atoms with Crippen molar-refractivity contribution in [2.75, 3.05) is 12.8 Å². The molecule has 1 fully saturated rings. The smallest absolute Gasteiger partial charge is 0.0504 e. The number of hydrogen-bond donors (Lipinski definition) is 1. The molecule has 1 saturated carbocycles. The molecule has 4 atom stereocenters. The second-order valence-corrected chi connectivity index (χ2v) is 7.12. The molecule has 3 heteroatoms. The maximum absolute atomic E-state index is 12.0. The molecule has 0 amide bonds. The van der Waals surface area contributed by atoms with Gasteiger partial charge in [0.2, 0.25) is 0 Å². The molecule has 0 spiro atoms. The van der Waals surface area contributed by atoms with E-state index in [4.69, 9.17) is 0 Å². The summed E-state index contributed by atoms with van der Waals surface area (Å²) < 4.78 is 12.0. The van der Waals surface area contributed by atoms with Gasteiger partial charge in [0.1, 0.15) is 0 Å². The van der Waals surface area contributed by atoms with Gasteiger partial charge in [-0.15, -0.1) is 0 Å². The SMILES string of the molecule is CCCNC1CCC(c2ccccc2)CC1S(C)=O. The van der Waals surface area contributed by atoms with Crippen molar-refractivity contribution in [2.45, 2.75) is 49.8 Å². The standard InChI is InChI=1S/C16H25NOS/c1-3-11-17-15-10-9-14(12-16(15)19(2)18)13-7-5-4-6-8-13/h4-8,14-17H,3,9-12H2,1-2H3. The molecule has 0 saturated heterocycles. The number of nitrogens with one attached hydrogen (secondary N) is 1. The molecule has 1 N–H and O–H groups in total. The van der Waals surface area contributed by atoms with Crippen LogP contribution in [0, 0.1) is 0 Å². The highest BCUT2D eigenvalue weighted by Gasteiger charge is 2.32. The average Bonchev–Trinajstić information content (AvgIpc) is 2.45. The molecule has 1 aromatic rings. The maximum Gasteiger partial charge on any atom is 0.0504 e. The second kappa shape index (κ2) is 7.20. The Morgan fingerprint density at radius 1 is 1.26 bits per heavy atom. The van der Waals surface area contributed by atoms with E-state index >= 15 is 0 Å². The zero-order valence-electron chi connectivity index (χ0n) is 12.0. The Bertz CT molecular complexity index is 406. The molecule has 1 aliphatic carbocycles. The van der Waals surface area contributed by atoms with E-state index in [1.807, 2.05) is 6.26 Å². The molecule has 19 heavy (non-hydrogen) atoms. The van der Waals surface area contributed by atoms with Crippen LogP contribution in [0.3, 0.4) is 0 Å². The van der Waals surface area contributed by atoms with E-state index in [1.165, 1.54) is 12.0 Å². The molecule has 0 aromatic heterocycles. The summed E-state index contributed by atoms with van der Waals surface area (Å²) in [4.78, 5) is 0. The lowest BCUT2D eigenvalue weighted by atomic mass is 9.81. The second-order valence-electron chi connectivity index (χ2n) is 5.52. The van der Waals surface area contributed by atoms with E-state index in [0.717, 1.165) is 25.8 Å². The van der Waals surface area contributed by atoms with Crippen LogP contribution in [0.2, 0.25) is 0 Å². The van der Waals surface area contributed by atoms with Gasteiger partial charge in [-0.1, -0.05) is 37.3 Å². The minimum Gasteiger partial charge on any atom is -0.313 e. The molecule has 1 aromatic carbocycles. The summed E-state index contributed by atoms with van der Waals surface area (Å²) in [5.41, 5.74) is 1.41. The minimum atomic E-state index is -0.743. The van der Waals surface area contributed by atoms with Gasteiger partial charge in [0, 0.05) is 23.1 Å². The molecule has 4 unspecified atom stereocenters. The zero-order valence-corrected chi connectivity index (χ0v) is 12.8. The third kappa shape index (κ3) is 3.90. The third-order valence-corrected chi connectivity index (χ3v) is 5.52. The molecule has 1 aliphatic rings. The van der Waals surface area contributed by atoms with E-state index in [-0.39, 0.29) is 0 Å². The summed E-state index contributed by atoms with van der Waals surface area (Å²) in [6, 6.07) is 11.1. The van der Waals surface area contributed by atoms with Gasteiger partial charge < -0.3 is 5.32 Å². The van der Waals surface area contributed by atoms with Gasteiger partial charge in [0.05, 0.1) is 5.25 Å². The lowest BCUT2D eigenvalue weighted by Gasteiger charge is -2.35. The first kappa shape index (κ1) is 14.7. The Morgan fingerprint density at radius 3 is 2.63 bits per heavy atom. The molecule has 2 rings (SSSR count). The number of benzene rings is 1. The van der Waals surface area contributed by atoms with Crippen molar-refractivity contribution in [1.82, 2.24) is 5.32 Å². The first-order valence-electron chi connectivity index (χ1n) is 7.33. The van der Waals surface area contributed by atoms with Gasteiger partial charge >= 0.3 is 0 Å². The van der Waals surface area contributed by atoms with Crippen LogP contribution in [0.15, 0.2) is 30.3 Å². The summed E-state index contributed by atoms with van der Waals surface area (Å²) in [5, 5.41) is 3.88. The van der Waals surface area contributed by atoms with Crippen LogP contribution in [-0.2, 0) is 10.8 Å². The zero-order chi connectivity index (χ0) is 13.7. The van der Waals surface area contributed by atoms with Crippen LogP contribution in [0.4, 0.5) is 0 Å². The van der Waals surface area contributed by atoms with E-state index in [0.29, 0.717) is 17.2 Å². The lowest BCUT2D eigenvalue weighted by Crippen LogP contribution is -2.46. The molecule has 0 aliphatic heterocycles. The van der Waals surface area contributed by atoms with Crippen LogP contribution in [0.5, 0.6) is 0 Å². The molecule has 2 nitrogen and oxygen atoms in total. The fraction of sp³-hybridized carbons (Fsp3) is 0.625. The van der Waals surface area contributed by atoms with Crippen LogP contribution >= 0.6 is 0 Å². The van der Waals surface area contributed by atoms with Gasteiger partial charge in [-0.25, -0.2) is 0 Å². The Hall–Kier alpha value is -0.670. The maximum atomic E-state index is 12.0. The summed E-state index contributed by atoms with van der Waals surface area (Å²) in [6.45, 7) is 3.22. The van der Waals surface area contributed by atoms with Crippen molar-refractivity contribution in [3.8, 4) is 0 Å². The Kier molecular flexibility index (Phi) is 5.59. The normalized spacial score (nSPS) is 29.1. The highest BCUT2D eigenvalue weighted by Crippen LogP contribution is 2.34. The van der Waals surface area contributed by atoms with Gasteiger partial charge in [-0.2, -0.15) is 0 Å². The fourth-order valence-electron chi connectivity index (χ4n) is 3.09. The van der Waals surface area contributed by atoms with Crippen LogP contribution < -0.4 is 5.32 Å². The summed E-state index contributed by atoms with van der Waals surface area (Å²) in [5.74, 6) is 0.578. The summed E-state index contributed by atoms with van der Waals surface area (Å²) in [7, 11) is -0.743. The largest absolute Gasteiger partial charge is 0.313 e. The predicted octanol–water partition coefficient (Wildman–Crippen LogP) is 3.07. The van der Waals surface area contributed by atoms with Crippen LogP contribution in [0.25, 0.3) is 0 Å². The molecule has 0 bridgehead atoms. The predicted molar refractivity (Wildman–Crippen MR) is 83.0 cm³/mol. The van der Waals surface area contributed by atoms with Crippen LogP contribution in [-0.4, -0.2) is 28.3 Å². The van der Waals surface area contributed by atoms with Crippen molar-refractivity contribution >= 4 is 10.8 Å². The first-order valence-corrected chi connectivity index (χ1v) is 8.95. The van der Waals surface area contributed by atoms with E-state index in [2.05, 4.69) is 42.6 Å².